The van der Waals surface area contributed by atoms with Crippen molar-refractivity contribution in [3.63, 3.8) is 0 Å². The van der Waals surface area contributed by atoms with E-state index in [9.17, 15) is 8.42 Å². The standard InChI is InChI=1S/C21H39N5O2S/c1-6-22-21(23-15-11-17-26(7-2)29(5,27)28)24-16-14-19(3)25(4)18-20-12-9-8-10-13-20/h8-10,12-13,19H,6-7,11,14-18H2,1-5H3,(H2,22,23,24). The van der Waals surface area contributed by atoms with E-state index in [1.807, 2.05) is 19.9 Å². The smallest absolute Gasteiger partial charge is 0.211 e. The molecule has 1 aromatic carbocycles. The third-order valence-corrected chi connectivity index (χ3v) is 6.26. The van der Waals surface area contributed by atoms with E-state index in [0.29, 0.717) is 32.1 Å². The molecule has 0 aliphatic rings. The molecule has 1 atom stereocenters. The molecule has 0 heterocycles. The summed E-state index contributed by atoms with van der Waals surface area (Å²) in [6.45, 7) is 10.3. The van der Waals surface area contributed by atoms with Crippen LogP contribution >= 0.6 is 0 Å². The molecule has 0 aromatic heterocycles. The van der Waals surface area contributed by atoms with Gasteiger partial charge in [0.05, 0.1) is 6.26 Å². The summed E-state index contributed by atoms with van der Waals surface area (Å²) in [5.41, 5.74) is 1.32. The van der Waals surface area contributed by atoms with E-state index < -0.39 is 10.0 Å². The van der Waals surface area contributed by atoms with Gasteiger partial charge in [0.2, 0.25) is 10.0 Å². The lowest BCUT2D eigenvalue weighted by molar-refractivity contribution is 0.238. The molecule has 0 saturated carbocycles. The first-order chi connectivity index (χ1) is 13.8. The van der Waals surface area contributed by atoms with Crippen LogP contribution in [0.1, 0.15) is 39.2 Å². The predicted molar refractivity (Wildman–Crippen MR) is 123 cm³/mol. The van der Waals surface area contributed by atoms with E-state index in [1.54, 1.807) is 0 Å². The molecule has 0 saturated heterocycles. The molecule has 0 spiro atoms. The molecule has 1 rings (SSSR count). The van der Waals surface area contributed by atoms with E-state index in [4.69, 9.17) is 0 Å². The third-order valence-electron chi connectivity index (χ3n) is 4.88. The monoisotopic (exact) mass is 425 g/mol. The van der Waals surface area contributed by atoms with Gasteiger partial charge in [-0.2, -0.15) is 0 Å². The van der Waals surface area contributed by atoms with Gasteiger partial charge in [-0.1, -0.05) is 37.3 Å². The molecule has 29 heavy (non-hydrogen) atoms. The molecule has 0 fully saturated rings. The average molecular weight is 426 g/mol. The molecule has 0 amide bonds. The van der Waals surface area contributed by atoms with E-state index in [1.165, 1.54) is 16.1 Å². The fourth-order valence-corrected chi connectivity index (χ4v) is 3.91. The minimum atomic E-state index is -3.13. The van der Waals surface area contributed by atoms with Gasteiger partial charge in [0.1, 0.15) is 0 Å². The van der Waals surface area contributed by atoms with Crippen LogP contribution in [0.3, 0.4) is 0 Å². The maximum absolute atomic E-state index is 11.6. The summed E-state index contributed by atoms with van der Waals surface area (Å²) in [5, 5.41) is 6.63. The summed E-state index contributed by atoms with van der Waals surface area (Å²) in [6, 6.07) is 10.9. The fourth-order valence-electron chi connectivity index (χ4n) is 2.99. The predicted octanol–water partition coefficient (Wildman–Crippen LogP) is 2.12. The minimum Gasteiger partial charge on any atom is -0.357 e. The molecule has 8 heteroatoms. The van der Waals surface area contributed by atoms with Crippen LogP contribution in [0.25, 0.3) is 0 Å². The second-order valence-electron chi connectivity index (χ2n) is 7.33. The van der Waals surface area contributed by atoms with Gasteiger partial charge in [0, 0.05) is 45.3 Å². The number of hydrogen-bond donors (Lipinski definition) is 2. The zero-order valence-corrected chi connectivity index (χ0v) is 19.5. The Morgan fingerprint density at radius 2 is 1.86 bits per heavy atom. The van der Waals surface area contributed by atoms with Crippen molar-refractivity contribution in [2.45, 2.75) is 46.2 Å². The van der Waals surface area contributed by atoms with Crippen molar-refractivity contribution in [1.29, 1.82) is 0 Å². The number of hydrogen-bond acceptors (Lipinski definition) is 4. The van der Waals surface area contributed by atoms with E-state index in [-0.39, 0.29) is 0 Å². The molecule has 0 aliphatic carbocycles. The first-order valence-corrected chi connectivity index (χ1v) is 12.3. The topological polar surface area (TPSA) is 77.0 Å². The van der Waals surface area contributed by atoms with Crippen molar-refractivity contribution in [1.82, 2.24) is 19.8 Å². The first-order valence-electron chi connectivity index (χ1n) is 10.5. The van der Waals surface area contributed by atoms with Gasteiger partial charge >= 0.3 is 0 Å². The minimum absolute atomic E-state index is 0.443. The van der Waals surface area contributed by atoms with Crippen LogP contribution in [0, 0.1) is 0 Å². The number of nitrogens with one attached hydrogen (secondary N) is 2. The van der Waals surface area contributed by atoms with Gasteiger partial charge in [-0.25, -0.2) is 12.7 Å². The lowest BCUT2D eigenvalue weighted by Crippen LogP contribution is -2.40. The van der Waals surface area contributed by atoms with Gasteiger partial charge in [-0.15, -0.1) is 0 Å². The number of nitrogens with zero attached hydrogens (tertiary/aromatic N) is 3. The van der Waals surface area contributed by atoms with Crippen molar-refractivity contribution in [3.05, 3.63) is 35.9 Å². The average Bonchev–Trinajstić information content (AvgIpc) is 2.67. The Morgan fingerprint density at radius 3 is 2.45 bits per heavy atom. The van der Waals surface area contributed by atoms with Gasteiger partial charge in [0.15, 0.2) is 5.96 Å². The summed E-state index contributed by atoms with van der Waals surface area (Å²) >= 11 is 0. The van der Waals surface area contributed by atoms with E-state index >= 15 is 0 Å². The second-order valence-corrected chi connectivity index (χ2v) is 9.32. The third kappa shape index (κ3) is 10.6. The molecule has 0 bridgehead atoms. The number of aliphatic imine (C=N–C) groups is 1. The molecule has 2 N–H and O–H groups in total. The van der Waals surface area contributed by atoms with Gasteiger partial charge in [0.25, 0.3) is 0 Å². The first kappa shape index (κ1) is 25.4. The highest BCUT2D eigenvalue weighted by molar-refractivity contribution is 7.88. The Balaban J connectivity index is 2.39. The highest BCUT2D eigenvalue weighted by atomic mass is 32.2. The summed E-state index contributed by atoms with van der Waals surface area (Å²) < 4.78 is 24.7. The maximum Gasteiger partial charge on any atom is 0.211 e. The Morgan fingerprint density at radius 1 is 1.17 bits per heavy atom. The normalized spacial score (nSPS) is 13.7. The van der Waals surface area contributed by atoms with Crippen LogP contribution in [-0.2, 0) is 16.6 Å². The van der Waals surface area contributed by atoms with Crippen LogP contribution in [0.5, 0.6) is 0 Å². The Hall–Kier alpha value is -1.64. The van der Waals surface area contributed by atoms with Crippen molar-refractivity contribution in [2.75, 3.05) is 46.0 Å². The van der Waals surface area contributed by atoms with Crippen LogP contribution in [-0.4, -0.2) is 75.7 Å². The number of sulfonamides is 1. The molecular weight excluding hydrogens is 386 g/mol. The molecule has 1 unspecified atom stereocenters. The lowest BCUT2D eigenvalue weighted by Gasteiger charge is -2.25. The van der Waals surface area contributed by atoms with Gasteiger partial charge in [-0.3, -0.25) is 9.89 Å². The zero-order valence-electron chi connectivity index (χ0n) is 18.7. The van der Waals surface area contributed by atoms with Crippen LogP contribution in [0.15, 0.2) is 35.3 Å². The van der Waals surface area contributed by atoms with Crippen molar-refractivity contribution in [2.24, 2.45) is 4.99 Å². The molecule has 0 aliphatic heterocycles. The quantitative estimate of drug-likeness (QED) is 0.288. The van der Waals surface area contributed by atoms with Crippen LogP contribution < -0.4 is 10.6 Å². The van der Waals surface area contributed by atoms with E-state index in [2.05, 4.69) is 58.8 Å². The summed E-state index contributed by atoms with van der Waals surface area (Å²) in [7, 11) is -0.981. The zero-order chi connectivity index (χ0) is 21.7. The fraction of sp³-hybridized carbons (Fsp3) is 0.667. The van der Waals surface area contributed by atoms with Crippen molar-refractivity contribution < 1.29 is 8.42 Å². The lowest BCUT2D eigenvalue weighted by atomic mass is 10.1. The SMILES string of the molecule is CCNC(=NCCCN(CC)S(C)(=O)=O)NCCC(C)N(C)Cc1ccccc1. The van der Waals surface area contributed by atoms with E-state index in [0.717, 1.165) is 32.0 Å². The molecular formula is C21H39N5O2S. The van der Waals surface area contributed by atoms with Gasteiger partial charge < -0.3 is 10.6 Å². The summed E-state index contributed by atoms with van der Waals surface area (Å²) in [6.07, 6.45) is 2.96. The molecule has 0 radical (unpaired) electrons. The Kier molecular flexibility index (Phi) is 11.9. The highest BCUT2D eigenvalue weighted by Gasteiger charge is 2.13. The largest absolute Gasteiger partial charge is 0.357 e. The molecule has 1 aromatic rings. The molecule has 166 valence electrons. The number of benzene rings is 1. The number of rotatable bonds is 13. The Labute approximate surface area is 177 Å². The maximum atomic E-state index is 11.6. The highest BCUT2D eigenvalue weighted by Crippen LogP contribution is 2.07. The van der Waals surface area contributed by atoms with Crippen molar-refractivity contribution in [3.8, 4) is 0 Å². The molecule has 7 nitrogen and oxygen atoms in total. The summed E-state index contributed by atoms with van der Waals surface area (Å²) in [4.78, 5) is 6.92. The van der Waals surface area contributed by atoms with Crippen LogP contribution in [0.4, 0.5) is 0 Å². The number of guanidine groups is 1. The Bertz CT molecular complexity index is 694. The van der Waals surface area contributed by atoms with Crippen molar-refractivity contribution >= 4 is 16.0 Å². The second kappa shape index (κ2) is 13.6. The van der Waals surface area contributed by atoms with Gasteiger partial charge in [-0.05, 0) is 39.3 Å². The van der Waals surface area contributed by atoms with Crippen LogP contribution in [0.2, 0.25) is 0 Å². The summed E-state index contributed by atoms with van der Waals surface area (Å²) in [5.74, 6) is 0.785.